The van der Waals surface area contributed by atoms with E-state index < -0.39 is 4.83 Å². The van der Waals surface area contributed by atoms with Gasteiger partial charge in [0.25, 0.3) is 0 Å². The molecule has 0 amide bonds. The fourth-order valence-electron chi connectivity index (χ4n) is 1.57. The minimum Gasteiger partial charge on any atom is -0.189 e. The zero-order valence-corrected chi connectivity index (χ0v) is 8.49. The summed E-state index contributed by atoms with van der Waals surface area (Å²) >= 11 is 2.29. The Bertz CT molecular complexity index is 154. The van der Waals surface area contributed by atoms with Crippen LogP contribution < -0.4 is 0 Å². The maximum Gasteiger partial charge on any atom is 0.319 e. The molecule has 0 aliphatic heterocycles. The van der Waals surface area contributed by atoms with Crippen molar-refractivity contribution in [2.45, 2.75) is 36.9 Å². The quantitative estimate of drug-likeness (QED) is 0.502. The summed E-state index contributed by atoms with van der Waals surface area (Å²) in [5.74, 6) is 0.377. The van der Waals surface area contributed by atoms with Gasteiger partial charge < -0.3 is 0 Å². The second-order valence-electron chi connectivity index (χ2n) is 3.30. The molecule has 1 aliphatic carbocycles. The standard InChI is InChI=1S/C9H13BrF2/c10-9(11,12)7-6-8-4-2-1-3-5-8/h6-8H,1-5H2/b7-6+. The molecule has 1 aliphatic rings. The van der Waals surface area contributed by atoms with Crippen molar-refractivity contribution >= 4 is 15.9 Å². The molecule has 0 aromatic heterocycles. The van der Waals surface area contributed by atoms with E-state index >= 15 is 0 Å². The minimum atomic E-state index is -2.82. The lowest BCUT2D eigenvalue weighted by Crippen LogP contribution is -2.05. The van der Waals surface area contributed by atoms with Crippen molar-refractivity contribution in [3.63, 3.8) is 0 Å². The maximum atomic E-state index is 12.3. The van der Waals surface area contributed by atoms with Gasteiger partial charge in [0.05, 0.1) is 0 Å². The first-order valence-electron chi connectivity index (χ1n) is 4.34. The van der Waals surface area contributed by atoms with Crippen LogP contribution in [0.3, 0.4) is 0 Å². The minimum absolute atomic E-state index is 0.377. The van der Waals surface area contributed by atoms with Crippen LogP contribution in [0.25, 0.3) is 0 Å². The smallest absolute Gasteiger partial charge is 0.189 e. The summed E-state index contributed by atoms with van der Waals surface area (Å²) in [7, 11) is 0. The normalized spacial score (nSPS) is 21.9. The average molecular weight is 239 g/mol. The van der Waals surface area contributed by atoms with Crippen LogP contribution in [0.5, 0.6) is 0 Å². The monoisotopic (exact) mass is 238 g/mol. The summed E-state index contributed by atoms with van der Waals surface area (Å²) in [6, 6.07) is 0. The van der Waals surface area contributed by atoms with Crippen molar-refractivity contribution in [1.29, 1.82) is 0 Å². The molecule has 12 heavy (non-hydrogen) atoms. The second kappa shape index (κ2) is 4.35. The molecule has 0 N–H and O–H groups in total. The van der Waals surface area contributed by atoms with Crippen molar-refractivity contribution < 1.29 is 8.78 Å². The first-order valence-corrected chi connectivity index (χ1v) is 5.13. The predicted molar refractivity (Wildman–Crippen MR) is 49.6 cm³/mol. The number of hydrogen-bond donors (Lipinski definition) is 0. The van der Waals surface area contributed by atoms with E-state index in [1.807, 2.05) is 0 Å². The van der Waals surface area contributed by atoms with Crippen LogP contribution >= 0.6 is 15.9 Å². The van der Waals surface area contributed by atoms with E-state index in [4.69, 9.17) is 0 Å². The molecule has 0 heterocycles. The highest BCUT2D eigenvalue weighted by Gasteiger charge is 2.19. The van der Waals surface area contributed by atoms with E-state index in [0.29, 0.717) is 5.92 Å². The molecule has 70 valence electrons. The Kier molecular flexibility index (Phi) is 3.69. The topological polar surface area (TPSA) is 0 Å². The number of allylic oxidation sites excluding steroid dienone is 2. The molecule has 0 nitrogen and oxygen atoms in total. The van der Waals surface area contributed by atoms with Crippen molar-refractivity contribution in [2.24, 2.45) is 5.92 Å². The Labute approximate surface area is 80.2 Å². The molecule has 0 spiro atoms. The molecule has 0 aromatic rings. The van der Waals surface area contributed by atoms with Crippen molar-refractivity contribution in [3.8, 4) is 0 Å². The van der Waals surface area contributed by atoms with Crippen LogP contribution in [-0.2, 0) is 0 Å². The summed E-state index contributed by atoms with van der Waals surface area (Å²) in [5, 5.41) is 0. The number of halogens is 3. The number of hydrogen-bond acceptors (Lipinski definition) is 0. The van der Waals surface area contributed by atoms with Crippen LogP contribution in [0.2, 0.25) is 0 Å². The molecule has 1 fully saturated rings. The number of rotatable bonds is 2. The zero-order valence-electron chi connectivity index (χ0n) is 6.90. The third-order valence-corrected chi connectivity index (χ3v) is 2.47. The molecule has 0 unspecified atom stereocenters. The summed E-state index contributed by atoms with van der Waals surface area (Å²) in [5.41, 5.74) is 0. The fourth-order valence-corrected chi connectivity index (χ4v) is 1.72. The lowest BCUT2D eigenvalue weighted by atomic mass is 9.89. The van der Waals surface area contributed by atoms with Crippen molar-refractivity contribution in [1.82, 2.24) is 0 Å². The Morgan fingerprint density at radius 3 is 2.25 bits per heavy atom. The van der Waals surface area contributed by atoms with E-state index in [0.717, 1.165) is 18.9 Å². The van der Waals surface area contributed by atoms with Crippen LogP contribution in [-0.4, -0.2) is 4.83 Å². The Hall–Kier alpha value is 0.0800. The first kappa shape index (κ1) is 10.2. The van der Waals surface area contributed by atoms with E-state index in [1.54, 1.807) is 6.08 Å². The lowest BCUT2D eigenvalue weighted by Gasteiger charge is -2.18. The maximum absolute atomic E-state index is 12.3. The van der Waals surface area contributed by atoms with Gasteiger partial charge in [-0.15, -0.1) is 0 Å². The SMILES string of the molecule is FC(F)(Br)/C=C/C1CCCCC1. The van der Waals surface area contributed by atoms with Gasteiger partial charge in [-0.05, 0) is 40.8 Å². The van der Waals surface area contributed by atoms with Gasteiger partial charge >= 0.3 is 4.83 Å². The highest BCUT2D eigenvalue weighted by atomic mass is 79.9. The van der Waals surface area contributed by atoms with E-state index in [9.17, 15) is 8.78 Å². The predicted octanol–water partition coefficient (Wildman–Crippen LogP) is 4.11. The summed E-state index contributed by atoms with van der Waals surface area (Å²) in [6.45, 7) is 0. The molecule has 0 bridgehead atoms. The third kappa shape index (κ3) is 4.19. The summed E-state index contributed by atoms with van der Waals surface area (Å²) < 4.78 is 24.6. The van der Waals surface area contributed by atoms with Crippen LogP contribution in [0.1, 0.15) is 32.1 Å². The molecule has 0 atom stereocenters. The number of alkyl halides is 3. The molecule has 0 aromatic carbocycles. The molecule has 3 heteroatoms. The van der Waals surface area contributed by atoms with Gasteiger partial charge in [-0.2, -0.15) is 8.78 Å². The fraction of sp³-hybridized carbons (Fsp3) is 0.778. The van der Waals surface area contributed by atoms with Gasteiger partial charge in [0, 0.05) is 0 Å². The summed E-state index contributed by atoms with van der Waals surface area (Å²) in [6.07, 6.45) is 8.37. The molecular weight excluding hydrogens is 226 g/mol. The highest BCUT2D eigenvalue weighted by Crippen LogP contribution is 2.28. The molecule has 0 radical (unpaired) electrons. The Balaban J connectivity index is 2.33. The molecule has 0 saturated heterocycles. The van der Waals surface area contributed by atoms with Gasteiger partial charge in [0.2, 0.25) is 0 Å². The Morgan fingerprint density at radius 1 is 1.17 bits per heavy atom. The molecule has 1 saturated carbocycles. The average Bonchev–Trinajstić information content (AvgIpc) is 2.02. The van der Waals surface area contributed by atoms with Gasteiger partial charge in [0.15, 0.2) is 0 Å². The molecular formula is C9H13BrF2. The van der Waals surface area contributed by atoms with Crippen LogP contribution in [0.15, 0.2) is 12.2 Å². The van der Waals surface area contributed by atoms with Crippen molar-refractivity contribution in [2.75, 3.05) is 0 Å². The van der Waals surface area contributed by atoms with E-state index in [-0.39, 0.29) is 0 Å². The Morgan fingerprint density at radius 2 is 1.75 bits per heavy atom. The van der Waals surface area contributed by atoms with Gasteiger partial charge in [-0.25, -0.2) is 0 Å². The highest BCUT2D eigenvalue weighted by molar-refractivity contribution is 9.10. The second-order valence-corrected chi connectivity index (χ2v) is 4.36. The summed E-state index contributed by atoms with van der Waals surface area (Å²) in [4.78, 5) is -2.82. The lowest BCUT2D eigenvalue weighted by molar-refractivity contribution is 0.170. The van der Waals surface area contributed by atoms with E-state index in [2.05, 4.69) is 15.9 Å². The first-order chi connectivity index (χ1) is 5.58. The third-order valence-electron chi connectivity index (χ3n) is 2.21. The van der Waals surface area contributed by atoms with E-state index in [1.165, 1.54) is 19.3 Å². The van der Waals surface area contributed by atoms with Gasteiger partial charge in [-0.1, -0.05) is 25.3 Å². The van der Waals surface area contributed by atoms with Crippen LogP contribution in [0, 0.1) is 5.92 Å². The largest absolute Gasteiger partial charge is 0.319 e. The van der Waals surface area contributed by atoms with Gasteiger partial charge in [0.1, 0.15) is 0 Å². The molecule has 1 rings (SSSR count). The zero-order chi connectivity index (χ0) is 9.03. The van der Waals surface area contributed by atoms with Crippen molar-refractivity contribution in [3.05, 3.63) is 12.2 Å². The van der Waals surface area contributed by atoms with Crippen LogP contribution in [0.4, 0.5) is 8.78 Å². The van der Waals surface area contributed by atoms with Gasteiger partial charge in [-0.3, -0.25) is 0 Å².